The van der Waals surface area contributed by atoms with E-state index in [1.807, 2.05) is 0 Å². The van der Waals surface area contributed by atoms with Crippen LogP contribution in [0.4, 0.5) is 14.9 Å². The van der Waals surface area contributed by atoms with Crippen molar-refractivity contribution in [2.45, 2.75) is 31.1 Å². The van der Waals surface area contributed by atoms with Gasteiger partial charge in [0.1, 0.15) is 24.4 Å². The molecule has 0 aliphatic carbocycles. The summed E-state index contributed by atoms with van der Waals surface area (Å²) in [6.45, 7) is -0.0109. The van der Waals surface area contributed by atoms with Crippen LogP contribution in [0.5, 0.6) is 5.88 Å². The molecule has 2 aromatic heterocycles. The number of carbonyl (C=O) groups is 1. The lowest BCUT2D eigenvalue weighted by atomic mass is 9.99. The number of rotatable bonds is 6. The number of fused-ring (bicyclic) bond motifs is 3. The predicted molar refractivity (Wildman–Crippen MR) is 115 cm³/mol. The average Bonchev–Trinajstić information content (AvgIpc) is 3.64. The van der Waals surface area contributed by atoms with Gasteiger partial charge in [0.2, 0.25) is 0 Å². The molecule has 0 unspecified atom stereocenters. The van der Waals surface area contributed by atoms with Crippen LogP contribution in [0.1, 0.15) is 17.7 Å². The maximum absolute atomic E-state index is 15.1. The topological polar surface area (TPSA) is 120 Å². The molecule has 0 spiro atoms. The van der Waals surface area contributed by atoms with Gasteiger partial charge in [0.25, 0.3) is 5.88 Å². The van der Waals surface area contributed by atoms with Crippen molar-refractivity contribution >= 4 is 17.5 Å². The first-order valence-electron chi connectivity index (χ1n) is 10.8. The van der Waals surface area contributed by atoms with Gasteiger partial charge >= 0.3 is 6.09 Å². The van der Waals surface area contributed by atoms with Crippen LogP contribution in [0.3, 0.4) is 0 Å². The largest absolute Gasteiger partial charge is 0.471 e. The lowest BCUT2D eigenvalue weighted by Gasteiger charge is -2.16. The first-order chi connectivity index (χ1) is 16.6. The number of pyridine rings is 1. The maximum atomic E-state index is 15.1. The highest BCUT2D eigenvalue weighted by molar-refractivity contribution is 6.00. The Hall–Kier alpha value is -3.99. The molecule has 0 saturated carbocycles. The summed E-state index contributed by atoms with van der Waals surface area (Å²) >= 11 is 0. The number of aliphatic hydroxyl groups excluding tert-OH is 1. The molecule has 1 aromatic carbocycles. The molecular weight excluding hydrogens is 447 g/mol. The highest BCUT2D eigenvalue weighted by atomic mass is 19.1. The van der Waals surface area contributed by atoms with E-state index in [1.165, 1.54) is 17.2 Å². The molecule has 5 heterocycles. The summed E-state index contributed by atoms with van der Waals surface area (Å²) in [4.78, 5) is 23.5. The molecular formula is C23H19FN4O6. The van der Waals surface area contributed by atoms with Gasteiger partial charge in [-0.1, -0.05) is 11.2 Å². The minimum atomic E-state index is -0.531. The third-order valence-electron chi connectivity index (χ3n) is 6.18. The van der Waals surface area contributed by atoms with Crippen LogP contribution in [0.25, 0.3) is 11.1 Å². The second-order valence-electron chi connectivity index (χ2n) is 8.26. The molecule has 1 amide bonds. The van der Waals surface area contributed by atoms with Crippen LogP contribution >= 0.6 is 0 Å². The molecule has 1 saturated heterocycles. The van der Waals surface area contributed by atoms with E-state index >= 15 is 4.39 Å². The summed E-state index contributed by atoms with van der Waals surface area (Å²) in [5, 5.41) is 16.8. The Morgan fingerprint density at radius 3 is 2.88 bits per heavy atom. The Balaban J connectivity index is 1.22. The third kappa shape index (κ3) is 3.45. The van der Waals surface area contributed by atoms with Crippen LogP contribution in [-0.2, 0) is 16.0 Å². The maximum Gasteiger partial charge on any atom is 0.415 e. The zero-order valence-corrected chi connectivity index (χ0v) is 17.8. The van der Waals surface area contributed by atoms with Gasteiger partial charge in [-0.3, -0.25) is 9.88 Å². The molecule has 34 heavy (non-hydrogen) atoms. The van der Waals surface area contributed by atoms with E-state index in [0.29, 0.717) is 46.9 Å². The van der Waals surface area contributed by atoms with Gasteiger partial charge in [0.05, 0.1) is 24.0 Å². The van der Waals surface area contributed by atoms with E-state index in [2.05, 4.69) is 15.3 Å². The Labute approximate surface area is 192 Å². The molecule has 3 aromatic rings. The Kier molecular flexibility index (Phi) is 4.91. The number of carbonyl (C=O) groups excluding carboxylic acids is 1. The van der Waals surface area contributed by atoms with Crippen LogP contribution < -0.4 is 9.64 Å². The number of halogens is 1. The smallest absolute Gasteiger partial charge is 0.415 e. The number of nitrogens with zero attached hydrogens (tertiary/aromatic N) is 4. The fourth-order valence-corrected chi connectivity index (χ4v) is 4.50. The lowest BCUT2D eigenvalue weighted by Crippen LogP contribution is -2.36. The lowest BCUT2D eigenvalue weighted by molar-refractivity contribution is 0.0390. The standard InChI is InChI=1S/C23H19FN4O6/c24-16-8-19-13(6-20-21(33-23(30)28(19)20)11-31-22-3-4-32-27-22)5-15(16)12-1-2-17(25-9-12)18-7-14(10-29)34-26-18/h1-5,8-9,14,20-21,29H,6-7,10-11H2/t14-,20-,21-/m0/s1. The zero-order valence-electron chi connectivity index (χ0n) is 17.8. The van der Waals surface area contributed by atoms with Crippen molar-refractivity contribution in [2.24, 2.45) is 5.16 Å². The summed E-state index contributed by atoms with van der Waals surface area (Å²) in [6, 6.07) is 7.89. The van der Waals surface area contributed by atoms with Crippen molar-refractivity contribution in [2.75, 3.05) is 18.1 Å². The number of hydrogen-bond donors (Lipinski definition) is 1. The number of cyclic esters (lactones) is 1. The highest BCUT2D eigenvalue weighted by Gasteiger charge is 2.48. The molecule has 1 fully saturated rings. The fourth-order valence-electron chi connectivity index (χ4n) is 4.50. The third-order valence-corrected chi connectivity index (χ3v) is 6.18. The summed E-state index contributed by atoms with van der Waals surface area (Å²) in [5.41, 5.74) is 3.58. The van der Waals surface area contributed by atoms with Crippen molar-refractivity contribution in [1.82, 2.24) is 10.1 Å². The van der Waals surface area contributed by atoms with Gasteiger partial charge in [-0.25, -0.2) is 9.18 Å². The molecule has 3 aliphatic rings. The second kappa shape index (κ2) is 8.10. The number of amides is 1. The van der Waals surface area contributed by atoms with Gasteiger partial charge in [0, 0.05) is 29.8 Å². The Morgan fingerprint density at radius 2 is 2.15 bits per heavy atom. The molecule has 11 heteroatoms. The number of aromatic nitrogens is 2. The van der Waals surface area contributed by atoms with Gasteiger partial charge < -0.3 is 23.9 Å². The Bertz CT molecular complexity index is 1260. The van der Waals surface area contributed by atoms with Crippen molar-refractivity contribution in [1.29, 1.82) is 0 Å². The first-order valence-corrected chi connectivity index (χ1v) is 10.8. The Morgan fingerprint density at radius 1 is 1.24 bits per heavy atom. The summed E-state index contributed by atoms with van der Waals surface area (Å²) < 4.78 is 30.9. The van der Waals surface area contributed by atoms with E-state index in [4.69, 9.17) is 18.8 Å². The fraction of sp³-hybridized carbons (Fsp3) is 0.304. The van der Waals surface area contributed by atoms with Crippen molar-refractivity contribution in [3.63, 3.8) is 0 Å². The van der Waals surface area contributed by atoms with E-state index in [0.717, 1.165) is 5.56 Å². The van der Waals surface area contributed by atoms with Crippen molar-refractivity contribution in [3.05, 3.63) is 59.9 Å². The number of oxime groups is 1. The van der Waals surface area contributed by atoms with E-state index in [9.17, 15) is 9.90 Å². The molecule has 3 atom stereocenters. The van der Waals surface area contributed by atoms with E-state index in [-0.39, 0.29) is 25.4 Å². The highest BCUT2D eigenvalue weighted by Crippen LogP contribution is 2.41. The van der Waals surface area contributed by atoms with Gasteiger partial charge in [-0.05, 0) is 35.3 Å². The molecule has 0 bridgehead atoms. The molecule has 3 aliphatic heterocycles. The minimum Gasteiger partial charge on any atom is -0.471 e. The second-order valence-corrected chi connectivity index (χ2v) is 8.26. The predicted octanol–water partition coefficient (Wildman–Crippen LogP) is 2.69. The minimum absolute atomic E-state index is 0.110. The number of aliphatic hydroxyl groups is 1. The van der Waals surface area contributed by atoms with Crippen LogP contribution in [0, 0.1) is 5.82 Å². The molecule has 174 valence electrons. The summed E-state index contributed by atoms with van der Waals surface area (Å²) in [6.07, 6.45) is 2.51. The molecule has 10 nitrogen and oxygen atoms in total. The normalized spacial score (nSPS) is 22.8. The SMILES string of the molecule is O=C1O[C@@H](COc2ccon2)[C@@H]2Cc3cc(-c4ccc(C5=NO[C@H](CO)C5)nc4)c(F)cc3N12. The first kappa shape index (κ1) is 20.6. The summed E-state index contributed by atoms with van der Waals surface area (Å²) in [7, 11) is 0. The number of hydrogen-bond acceptors (Lipinski definition) is 9. The van der Waals surface area contributed by atoms with Crippen LogP contribution in [-0.4, -0.2) is 58.5 Å². The average molecular weight is 466 g/mol. The van der Waals surface area contributed by atoms with Crippen molar-refractivity contribution < 1.29 is 33.1 Å². The van der Waals surface area contributed by atoms with Gasteiger partial charge in [-0.2, -0.15) is 0 Å². The quantitative estimate of drug-likeness (QED) is 0.589. The molecule has 0 radical (unpaired) electrons. The van der Waals surface area contributed by atoms with Crippen molar-refractivity contribution in [3.8, 4) is 17.0 Å². The number of ether oxygens (including phenoxy) is 2. The summed E-state index contributed by atoms with van der Waals surface area (Å²) in [5.74, 6) is -0.165. The molecule has 1 N–H and O–H groups in total. The van der Waals surface area contributed by atoms with Crippen LogP contribution in [0.15, 0.2) is 52.5 Å². The molecule has 6 rings (SSSR count). The number of anilines is 1. The van der Waals surface area contributed by atoms with E-state index < -0.39 is 18.0 Å². The zero-order chi connectivity index (χ0) is 23.2. The van der Waals surface area contributed by atoms with Gasteiger partial charge in [-0.15, -0.1) is 0 Å². The number of benzene rings is 1. The monoisotopic (exact) mass is 466 g/mol. The van der Waals surface area contributed by atoms with Gasteiger partial charge in [0.15, 0.2) is 12.2 Å². The van der Waals surface area contributed by atoms with E-state index in [1.54, 1.807) is 30.5 Å². The van der Waals surface area contributed by atoms with Crippen LogP contribution in [0.2, 0.25) is 0 Å².